The van der Waals surface area contributed by atoms with Crippen LogP contribution in [0.25, 0.3) is 11.1 Å². The van der Waals surface area contributed by atoms with E-state index in [4.69, 9.17) is 4.74 Å². The third kappa shape index (κ3) is 4.39. The topological polar surface area (TPSA) is 38.3 Å². The fourth-order valence-corrected chi connectivity index (χ4v) is 4.75. The van der Waals surface area contributed by atoms with E-state index in [-0.39, 0.29) is 5.91 Å². The quantitative estimate of drug-likeness (QED) is 0.526. The van der Waals surface area contributed by atoms with Gasteiger partial charge in [-0.15, -0.1) is 0 Å². The van der Waals surface area contributed by atoms with Gasteiger partial charge in [0.25, 0.3) is 5.91 Å². The number of hydrogen-bond acceptors (Lipinski definition) is 3. The molecule has 0 saturated heterocycles. The maximum atomic E-state index is 12.7. The lowest BCUT2D eigenvalue weighted by atomic mass is 9.89. The fourth-order valence-electron chi connectivity index (χ4n) is 3.99. The normalized spacial score (nSPS) is 17.7. The number of rotatable bonds is 6. The van der Waals surface area contributed by atoms with Crippen molar-refractivity contribution in [2.75, 3.05) is 6.61 Å². The van der Waals surface area contributed by atoms with Gasteiger partial charge in [-0.05, 0) is 72.0 Å². The zero-order chi connectivity index (χ0) is 20.3. The molecule has 152 valence electrons. The highest BCUT2D eigenvalue weighted by Crippen LogP contribution is 2.35. The van der Waals surface area contributed by atoms with Crippen molar-refractivity contribution >= 4 is 17.9 Å². The van der Waals surface area contributed by atoms with Crippen LogP contribution < -0.4 is 9.46 Å². The van der Waals surface area contributed by atoms with E-state index in [2.05, 4.69) is 53.3 Å². The van der Waals surface area contributed by atoms with Crippen LogP contribution in [0.4, 0.5) is 0 Å². The van der Waals surface area contributed by atoms with E-state index in [1.54, 1.807) is 11.9 Å². The van der Waals surface area contributed by atoms with Crippen LogP contribution in [-0.2, 0) is 12.8 Å². The molecule has 1 aliphatic carbocycles. The average Bonchev–Trinajstić information content (AvgIpc) is 3.62. The zero-order valence-electron chi connectivity index (χ0n) is 16.8. The Labute approximate surface area is 182 Å². The SMILES string of the molecule is O=C(NSC1CC1)c1ccccc1-c1ccc2c(c1)OC[C@H](Cc1ccccc1)C2. The van der Waals surface area contributed by atoms with Gasteiger partial charge in [-0.1, -0.05) is 60.7 Å². The number of amides is 1. The van der Waals surface area contributed by atoms with Gasteiger partial charge in [0, 0.05) is 16.7 Å². The summed E-state index contributed by atoms with van der Waals surface area (Å²) in [5.41, 5.74) is 5.29. The van der Waals surface area contributed by atoms with Crippen molar-refractivity contribution in [3.63, 3.8) is 0 Å². The van der Waals surface area contributed by atoms with Crippen molar-refractivity contribution in [1.29, 1.82) is 0 Å². The third-order valence-electron chi connectivity index (χ3n) is 5.74. The molecule has 30 heavy (non-hydrogen) atoms. The van der Waals surface area contributed by atoms with Crippen LogP contribution in [0.1, 0.15) is 34.3 Å². The van der Waals surface area contributed by atoms with Gasteiger partial charge in [-0.3, -0.25) is 9.52 Å². The lowest BCUT2D eigenvalue weighted by molar-refractivity contribution is 0.0985. The minimum Gasteiger partial charge on any atom is -0.493 e. The van der Waals surface area contributed by atoms with Gasteiger partial charge in [-0.25, -0.2) is 0 Å². The summed E-state index contributed by atoms with van der Waals surface area (Å²) < 4.78 is 9.16. The predicted molar refractivity (Wildman–Crippen MR) is 123 cm³/mol. The van der Waals surface area contributed by atoms with Crippen molar-refractivity contribution in [3.05, 3.63) is 89.5 Å². The summed E-state index contributed by atoms with van der Waals surface area (Å²) in [7, 11) is 0. The molecule has 1 heterocycles. The van der Waals surface area contributed by atoms with Gasteiger partial charge in [-0.2, -0.15) is 0 Å². The Bertz CT molecular complexity index is 1050. The van der Waals surface area contributed by atoms with Crippen LogP contribution in [0, 0.1) is 5.92 Å². The lowest BCUT2D eigenvalue weighted by Gasteiger charge is -2.26. The number of carbonyl (C=O) groups is 1. The van der Waals surface area contributed by atoms with Gasteiger partial charge in [0.15, 0.2) is 0 Å². The van der Waals surface area contributed by atoms with Crippen LogP contribution in [0.2, 0.25) is 0 Å². The zero-order valence-corrected chi connectivity index (χ0v) is 17.7. The molecule has 0 unspecified atom stereocenters. The van der Waals surface area contributed by atoms with Crippen LogP contribution in [0.15, 0.2) is 72.8 Å². The first-order valence-corrected chi connectivity index (χ1v) is 11.5. The molecule has 0 aromatic heterocycles. The average molecular weight is 416 g/mol. The minimum absolute atomic E-state index is 0.0240. The summed E-state index contributed by atoms with van der Waals surface area (Å²) in [6.07, 6.45) is 4.44. The Morgan fingerprint density at radius 3 is 2.63 bits per heavy atom. The first-order chi connectivity index (χ1) is 14.8. The Hall–Kier alpha value is -2.72. The molecule has 1 amide bonds. The van der Waals surface area contributed by atoms with Crippen LogP contribution >= 0.6 is 11.9 Å². The maximum absolute atomic E-state index is 12.7. The predicted octanol–water partition coefficient (Wildman–Crippen LogP) is 5.69. The molecule has 1 fully saturated rings. The molecule has 3 nitrogen and oxygen atoms in total. The molecule has 3 aromatic rings. The van der Waals surface area contributed by atoms with E-state index in [1.807, 2.05) is 24.3 Å². The number of carbonyl (C=O) groups excluding carboxylic acids is 1. The second-order valence-electron chi connectivity index (χ2n) is 8.19. The number of ether oxygens (including phenoxy) is 1. The molecule has 1 saturated carbocycles. The van der Waals surface area contributed by atoms with Crippen molar-refractivity contribution in [3.8, 4) is 16.9 Å². The smallest absolute Gasteiger partial charge is 0.261 e. The molecular weight excluding hydrogens is 390 g/mol. The molecule has 0 spiro atoms. The van der Waals surface area contributed by atoms with Crippen molar-refractivity contribution in [2.45, 2.75) is 30.9 Å². The molecule has 1 N–H and O–H groups in total. The second kappa shape index (κ2) is 8.57. The molecule has 1 aliphatic heterocycles. The summed E-state index contributed by atoms with van der Waals surface area (Å²) in [4.78, 5) is 12.7. The summed E-state index contributed by atoms with van der Waals surface area (Å²) >= 11 is 1.55. The molecule has 2 aliphatic rings. The summed E-state index contributed by atoms with van der Waals surface area (Å²) in [5, 5.41) is 0.585. The highest BCUT2D eigenvalue weighted by molar-refractivity contribution is 7.98. The minimum atomic E-state index is -0.0240. The standard InChI is InChI=1S/C26H25NO2S/c28-26(27-30-22-12-13-22)24-9-5-4-8-23(24)20-10-11-21-15-19(17-29-25(21)16-20)14-18-6-2-1-3-7-18/h1-11,16,19,22H,12-15,17H2,(H,27,28)/t19-/m1/s1. The van der Waals surface area contributed by atoms with Crippen molar-refractivity contribution in [1.82, 2.24) is 4.72 Å². The first kappa shape index (κ1) is 19.3. The number of hydrogen-bond donors (Lipinski definition) is 1. The van der Waals surface area contributed by atoms with Gasteiger partial charge >= 0.3 is 0 Å². The third-order valence-corrected chi connectivity index (χ3v) is 6.85. The Kier molecular flexibility index (Phi) is 5.50. The van der Waals surface area contributed by atoms with E-state index >= 15 is 0 Å². The Balaban J connectivity index is 1.33. The fraction of sp³-hybridized carbons (Fsp3) is 0.269. The van der Waals surface area contributed by atoms with Gasteiger partial charge in [0.1, 0.15) is 5.75 Å². The molecule has 4 heteroatoms. The summed E-state index contributed by atoms with van der Waals surface area (Å²) in [6, 6.07) is 24.8. The number of benzene rings is 3. The Morgan fingerprint density at radius 1 is 1.00 bits per heavy atom. The van der Waals surface area contributed by atoms with E-state index < -0.39 is 0 Å². The Morgan fingerprint density at radius 2 is 1.80 bits per heavy atom. The van der Waals surface area contributed by atoms with Gasteiger partial charge < -0.3 is 4.74 Å². The van der Waals surface area contributed by atoms with Crippen LogP contribution in [0.3, 0.4) is 0 Å². The highest BCUT2D eigenvalue weighted by Gasteiger charge is 2.24. The number of nitrogens with one attached hydrogen (secondary N) is 1. The molecule has 5 rings (SSSR count). The molecule has 0 radical (unpaired) electrons. The van der Waals surface area contributed by atoms with Crippen molar-refractivity contribution < 1.29 is 9.53 Å². The molecule has 0 bridgehead atoms. The summed E-state index contributed by atoms with van der Waals surface area (Å²) in [6.45, 7) is 0.728. The maximum Gasteiger partial charge on any atom is 0.261 e. The van der Waals surface area contributed by atoms with Crippen molar-refractivity contribution in [2.24, 2.45) is 5.92 Å². The number of fused-ring (bicyclic) bond motifs is 1. The highest BCUT2D eigenvalue weighted by atomic mass is 32.2. The molecular formula is C26H25NO2S. The molecule has 3 aromatic carbocycles. The van der Waals surface area contributed by atoms with E-state index in [9.17, 15) is 4.79 Å². The second-order valence-corrected chi connectivity index (χ2v) is 9.29. The first-order valence-electron chi connectivity index (χ1n) is 10.6. The van der Waals surface area contributed by atoms with E-state index in [1.165, 1.54) is 24.0 Å². The van der Waals surface area contributed by atoms with Crippen LogP contribution in [0.5, 0.6) is 5.75 Å². The van der Waals surface area contributed by atoms with Gasteiger partial charge in [0.05, 0.1) is 6.61 Å². The lowest BCUT2D eigenvalue weighted by Crippen LogP contribution is -2.23. The van der Waals surface area contributed by atoms with Crippen LogP contribution in [-0.4, -0.2) is 17.8 Å². The van der Waals surface area contributed by atoms with E-state index in [0.29, 0.717) is 16.7 Å². The van der Waals surface area contributed by atoms with Gasteiger partial charge in [0.2, 0.25) is 0 Å². The largest absolute Gasteiger partial charge is 0.493 e. The monoisotopic (exact) mass is 415 g/mol. The summed E-state index contributed by atoms with van der Waals surface area (Å²) in [5.74, 6) is 1.41. The molecule has 1 atom stereocenters. The van der Waals surface area contributed by atoms with E-state index in [0.717, 1.165) is 36.3 Å².